The zero-order valence-corrected chi connectivity index (χ0v) is 14.7. The van der Waals surface area contributed by atoms with Gasteiger partial charge >= 0.3 is 0 Å². The van der Waals surface area contributed by atoms with Crippen LogP contribution in [0.15, 0.2) is 36.5 Å². The number of halogens is 1. The number of amides is 1. The van der Waals surface area contributed by atoms with Crippen LogP contribution in [0.3, 0.4) is 0 Å². The molecule has 132 valence electrons. The molecular formula is C18H20ClN3O3. The van der Waals surface area contributed by atoms with Crippen LogP contribution in [0.4, 0.5) is 11.5 Å². The first-order chi connectivity index (χ1) is 12.2. The number of carbonyl (C=O) groups excluding carboxylic acids is 1. The highest BCUT2D eigenvalue weighted by atomic mass is 35.5. The zero-order chi connectivity index (χ0) is 17.6. The summed E-state index contributed by atoms with van der Waals surface area (Å²) in [7, 11) is 1.56. The van der Waals surface area contributed by atoms with E-state index >= 15 is 0 Å². The number of nitrogens with one attached hydrogen (secondary N) is 2. The molecule has 25 heavy (non-hydrogen) atoms. The van der Waals surface area contributed by atoms with Crippen molar-refractivity contribution in [1.29, 1.82) is 0 Å². The molecule has 7 heteroatoms. The first-order valence-corrected chi connectivity index (χ1v) is 8.50. The number of hydrogen-bond acceptors (Lipinski definition) is 5. The van der Waals surface area contributed by atoms with Gasteiger partial charge in [0.1, 0.15) is 11.6 Å². The van der Waals surface area contributed by atoms with Crippen LogP contribution in [0.1, 0.15) is 23.2 Å². The lowest BCUT2D eigenvalue weighted by atomic mass is 10.2. The van der Waals surface area contributed by atoms with Crippen molar-refractivity contribution in [2.45, 2.75) is 18.9 Å². The number of methoxy groups -OCH3 is 1. The van der Waals surface area contributed by atoms with Crippen molar-refractivity contribution in [3.05, 3.63) is 47.1 Å². The molecule has 6 nitrogen and oxygen atoms in total. The van der Waals surface area contributed by atoms with Crippen LogP contribution in [0.25, 0.3) is 0 Å². The molecule has 0 spiro atoms. The van der Waals surface area contributed by atoms with E-state index in [2.05, 4.69) is 15.6 Å². The van der Waals surface area contributed by atoms with Gasteiger partial charge in [0.05, 0.1) is 18.2 Å². The number of rotatable bonds is 6. The van der Waals surface area contributed by atoms with Gasteiger partial charge in [0.15, 0.2) is 0 Å². The Morgan fingerprint density at radius 3 is 3.00 bits per heavy atom. The van der Waals surface area contributed by atoms with E-state index in [4.69, 9.17) is 21.1 Å². The Bertz CT molecular complexity index is 748. The van der Waals surface area contributed by atoms with E-state index in [-0.39, 0.29) is 12.0 Å². The van der Waals surface area contributed by atoms with Gasteiger partial charge < -0.3 is 20.1 Å². The standard InChI is InChI=1S/C18H20ClN3O3/c1-24-16-5-4-13(10-15(16)19)22-17-9-12(6-7-20-17)18(23)21-11-14-3-2-8-25-14/h4-7,9-10,14H,2-3,8,11H2,1H3,(H,20,22)(H,21,23). The van der Waals surface area contributed by atoms with E-state index in [1.165, 1.54) is 0 Å². The summed E-state index contributed by atoms with van der Waals surface area (Å²) in [4.78, 5) is 16.5. The topological polar surface area (TPSA) is 72.5 Å². The second kappa shape index (κ2) is 8.18. The Kier molecular flexibility index (Phi) is 5.73. The maximum atomic E-state index is 12.3. The highest BCUT2D eigenvalue weighted by Gasteiger charge is 2.17. The number of anilines is 2. The molecule has 0 bridgehead atoms. The number of benzene rings is 1. The number of pyridine rings is 1. The van der Waals surface area contributed by atoms with Gasteiger partial charge in [-0.3, -0.25) is 4.79 Å². The number of ether oxygens (including phenoxy) is 2. The second-order valence-electron chi connectivity index (χ2n) is 5.75. The summed E-state index contributed by atoms with van der Waals surface area (Å²) in [6, 6.07) is 8.71. The predicted octanol–water partition coefficient (Wildman–Crippen LogP) is 3.40. The molecule has 1 aliphatic heterocycles. The number of hydrogen-bond donors (Lipinski definition) is 2. The Labute approximate surface area is 151 Å². The molecular weight excluding hydrogens is 342 g/mol. The molecule has 2 aromatic rings. The van der Waals surface area contributed by atoms with Crippen LogP contribution in [-0.2, 0) is 4.74 Å². The summed E-state index contributed by atoms with van der Waals surface area (Å²) in [5.41, 5.74) is 1.30. The largest absolute Gasteiger partial charge is 0.495 e. The van der Waals surface area contributed by atoms with E-state index < -0.39 is 0 Å². The van der Waals surface area contributed by atoms with E-state index in [9.17, 15) is 4.79 Å². The van der Waals surface area contributed by atoms with Gasteiger partial charge in [-0.1, -0.05) is 11.6 Å². The molecule has 1 aromatic carbocycles. The molecule has 2 heterocycles. The molecule has 2 N–H and O–H groups in total. The van der Waals surface area contributed by atoms with Crippen LogP contribution in [0.5, 0.6) is 5.75 Å². The second-order valence-corrected chi connectivity index (χ2v) is 6.16. The number of nitrogens with zero attached hydrogens (tertiary/aromatic N) is 1. The van der Waals surface area contributed by atoms with Crippen molar-refractivity contribution in [3.63, 3.8) is 0 Å². The van der Waals surface area contributed by atoms with Crippen molar-refractivity contribution >= 4 is 29.0 Å². The fourth-order valence-corrected chi connectivity index (χ4v) is 2.90. The third-order valence-electron chi connectivity index (χ3n) is 3.96. The molecule has 0 aliphatic carbocycles. The highest BCUT2D eigenvalue weighted by Crippen LogP contribution is 2.28. The zero-order valence-electron chi connectivity index (χ0n) is 13.9. The third-order valence-corrected chi connectivity index (χ3v) is 4.26. The fourth-order valence-electron chi connectivity index (χ4n) is 2.65. The van der Waals surface area contributed by atoms with Crippen molar-refractivity contribution in [2.24, 2.45) is 0 Å². The molecule has 1 atom stereocenters. The van der Waals surface area contributed by atoms with Gasteiger partial charge in [-0.2, -0.15) is 0 Å². The van der Waals surface area contributed by atoms with E-state index in [1.807, 2.05) is 6.07 Å². The lowest BCUT2D eigenvalue weighted by molar-refractivity contribution is 0.0857. The Morgan fingerprint density at radius 1 is 1.40 bits per heavy atom. The van der Waals surface area contributed by atoms with Crippen LogP contribution < -0.4 is 15.4 Å². The highest BCUT2D eigenvalue weighted by molar-refractivity contribution is 6.32. The van der Waals surface area contributed by atoms with Crippen molar-refractivity contribution in [1.82, 2.24) is 10.3 Å². The molecule has 1 unspecified atom stereocenters. The molecule has 0 radical (unpaired) electrons. The van der Waals surface area contributed by atoms with E-state index in [0.717, 1.165) is 25.1 Å². The van der Waals surface area contributed by atoms with Crippen LogP contribution >= 0.6 is 11.6 Å². The molecule has 3 rings (SSSR count). The lowest BCUT2D eigenvalue weighted by Gasteiger charge is -2.12. The van der Waals surface area contributed by atoms with E-state index in [1.54, 1.807) is 37.6 Å². The molecule has 1 aromatic heterocycles. The van der Waals surface area contributed by atoms with Gasteiger partial charge in [-0.25, -0.2) is 4.98 Å². The Balaban J connectivity index is 1.64. The number of carbonyl (C=O) groups is 1. The first kappa shape index (κ1) is 17.5. The monoisotopic (exact) mass is 361 g/mol. The average Bonchev–Trinajstić information content (AvgIpc) is 3.14. The van der Waals surface area contributed by atoms with Crippen molar-refractivity contribution in [3.8, 4) is 5.75 Å². The molecule has 1 saturated heterocycles. The van der Waals surface area contributed by atoms with Crippen LogP contribution in [-0.4, -0.2) is 37.3 Å². The quantitative estimate of drug-likeness (QED) is 0.825. The van der Waals surface area contributed by atoms with Crippen LogP contribution in [0.2, 0.25) is 5.02 Å². The van der Waals surface area contributed by atoms with Gasteiger partial charge in [-0.15, -0.1) is 0 Å². The normalized spacial score (nSPS) is 16.5. The smallest absolute Gasteiger partial charge is 0.251 e. The minimum Gasteiger partial charge on any atom is -0.495 e. The maximum absolute atomic E-state index is 12.3. The third kappa shape index (κ3) is 4.61. The first-order valence-electron chi connectivity index (χ1n) is 8.12. The predicted molar refractivity (Wildman–Crippen MR) is 96.8 cm³/mol. The summed E-state index contributed by atoms with van der Waals surface area (Å²) in [6.45, 7) is 1.30. The summed E-state index contributed by atoms with van der Waals surface area (Å²) in [5.74, 6) is 1.02. The Morgan fingerprint density at radius 2 is 2.28 bits per heavy atom. The van der Waals surface area contributed by atoms with Gasteiger partial charge in [0, 0.05) is 30.6 Å². The van der Waals surface area contributed by atoms with Gasteiger partial charge in [0.25, 0.3) is 5.91 Å². The van der Waals surface area contributed by atoms with Gasteiger partial charge in [-0.05, 0) is 43.2 Å². The summed E-state index contributed by atoms with van der Waals surface area (Å²) < 4.78 is 10.6. The molecule has 1 amide bonds. The van der Waals surface area contributed by atoms with E-state index in [0.29, 0.717) is 28.7 Å². The van der Waals surface area contributed by atoms with Gasteiger partial charge in [0.2, 0.25) is 0 Å². The fraction of sp³-hybridized carbons (Fsp3) is 0.333. The molecule has 1 fully saturated rings. The minimum absolute atomic E-state index is 0.116. The SMILES string of the molecule is COc1ccc(Nc2cc(C(=O)NCC3CCCO3)ccn2)cc1Cl. The molecule has 0 saturated carbocycles. The molecule has 1 aliphatic rings. The van der Waals surface area contributed by atoms with Crippen molar-refractivity contribution in [2.75, 3.05) is 25.6 Å². The minimum atomic E-state index is -0.145. The Hall–Kier alpha value is -2.31. The average molecular weight is 362 g/mol. The van der Waals surface area contributed by atoms with Crippen LogP contribution in [0, 0.1) is 0 Å². The summed E-state index contributed by atoms with van der Waals surface area (Å²) in [6.07, 6.45) is 3.74. The summed E-state index contributed by atoms with van der Waals surface area (Å²) in [5, 5.41) is 6.53. The lowest BCUT2D eigenvalue weighted by Crippen LogP contribution is -2.31. The summed E-state index contributed by atoms with van der Waals surface area (Å²) >= 11 is 6.12. The van der Waals surface area contributed by atoms with Crippen molar-refractivity contribution < 1.29 is 14.3 Å². The maximum Gasteiger partial charge on any atom is 0.251 e. The number of aromatic nitrogens is 1.